The number of hydrogen-bond acceptors (Lipinski definition) is 2. The maximum absolute atomic E-state index is 11.2. The van der Waals surface area contributed by atoms with Gasteiger partial charge in [-0.25, -0.2) is 0 Å². The summed E-state index contributed by atoms with van der Waals surface area (Å²) in [6.07, 6.45) is 0.515. The summed E-state index contributed by atoms with van der Waals surface area (Å²) in [5.41, 5.74) is 0. The molecule has 0 aromatic carbocycles. The van der Waals surface area contributed by atoms with E-state index >= 15 is 0 Å². The van der Waals surface area contributed by atoms with Crippen LogP contribution in [0.15, 0.2) is 0 Å². The molecule has 0 heterocycles. The molecular weight excluding hydrogens is 140 g/mol. The van der Waals surface area contributed by atoms with Gasteiger partial charge in [-0.3, -0.25) is 9.59 Å². The van der Waals surface area contributed by atoms with Gasteiger partial charge in [0.25, 0.3) is 0 Å². The van der Waals surface area contributed by atoms with Crippen LogP contribution in [-0.2, 0) is 9.59 Å². The molecule has 0 spiro atoms. The fourth-order valence-corrected chi connectivity index (χ4v) is 0.806. The average molecular weight is 156 g/mol. The van der Waals surface area contributed by atoms with E-state index in [2.05, 4.69) is 0 Å². The number of carbonyl (C=O) groups excluding carboxylic acids is 2. The monoisotopic (exact) mass is 156 g/mol. The van der Waals surface area contributed by atoms with E-state index in [-0.39, 0.29) is 11.6 Å². The van der Waals surface area contributed by atoms with Crippen LogP contribution in [0.25, 0.3) is 0 Å². The Labute approximate surface area is 68.0 Å². The second-order valence-electron chi connectivity index (χ2n) is 3.40. The zero-order valence-electron chi connectivity index (χ0n) is 7.68. The molecular formula is C9H16O2. The third-order valence-electron chi connectivity index (χ3n) is 1.70. The molecule has 2 nitrogen and oxygen atoms in total. The first-order valence-corrected chi connectivity index (χ1v) is 3.98. The highest BCUT2D eigenvalue weighted by atomic mass is 16.1. The lowest BCUT2D eigenvalue weighted by atomic mass is 9.95. The Morgan fingerprint density at radius 2 is 1.64 bits per heavy atom. The van der Waals surface area contributed by atoms with Gasteiger partial charge in [0.2, 0.25) is 0 Å². The second kappa shape index (κ2) is 4.27. The molecule has 1 atom stereocenters. The van der Waals surface area contributed by atoms with E-state index in [0.29, 0.717) is 12.3 Å². The minimum atomic E-state index is -0.405. The predicted molar refractivity (Wildman–Crippen MR) is 44.3 cm³/mol. The van der Waals surface area contributed by atoms with Crippen LogP contribution in [0.1, 0.15) is 34.1 Å². The maximum atomic E-state index is 11.2. The van der Waals surface area contributed by atoms with Crippen LogP contribution < -0.4 is 0 Å². The van der Waals surface area contributed by atoms with Crippen molar-refractivity contribution in [2.75, 3.05) is 0 Å². The third-order valence-corrected chi connectivity index (χ3v) is 1.70. The van der Waals surface area contributed by atoms with Gasteiger partial charge >= 0.3 is 0 Å². The summed E-state index contributed by atoms with van der Waals surface area (Å²) in [6, 6.07) is 0. The summed E-state index contributed by atoms with van der Waals surface area (Å²) in [5, 5.41) is 0. The Morgan fingerprint density at radius 3 is 1.91 bits per heavy atom. The molecule has 0 saturated heterocycles. The molecule has 64 valence electrons. The molecule has 0 aliphatic rings. The van der Waals surface area contributed by atoms with E-state index in [1.165, 1.54) is 6.92 Å². The fourth-order valence-electron chi connectivity index (χ4n) is 0.806. The highest BCUT2D eigenvalue weighted by Gasteiger charge is 2.17. The number of carbonyl (C=O) groups is 2. The zero-order chi connectivity index (χ0) is 9.02. The normalized spacial score (nSPS) is 13.2. The summed E-state index contributed by atoms with van der Waals surface area (Å²) in [4.78, 5) is 21.9. The predicted octanol–water partition coefficient (Wildman–Crippen LogP) is 1.83. The summed E-state index contributed by atoms with van der Waals surface area (Å²) < 4.78 is 0. The number of rotatable bonds is 4. The topological polar surface area (TPSA) is 34.1 Å². The van der Waals surface area contributed by atoms with Gasteiger partial charge in [-0.1, -0.05) is 13.8 Å². The lowest BCUT2D eigenvalue weighted by Gasteiger charge is -2.07. The van der Waals surface area contributed by atoms with Crippen molar-refractivity contribution in [2.45, 2.75) is 34.1 Å². The van der Waals surface area contributed by atoms with Gasteiger partial charge in [-0.15, -0.1) is 0 Å². The molecule has 0 fully saturated rings. The van der Waals surface area contributed by atoms with Crippen LogP contribution in [0.4, 0.5) is 0 Å². The SMILES string of the molecule is CC(=O)[C@H](C)C(=O)CC(C)C. The molecule has 0 aliphatic heterocycles. The van der Waals surface area contributed by atoms with E-state index in [0.717, 1.165) is 0 Å². The van der Waals surface area contributed by atoms with Gasteiger partial charge in [0.1, 0.15) is 11.6 Å². The van der Waals surface area contributed by atoms with Crippen LogP contribution in [0.5, 0.6) is 0 Å². The van der Waals surface area contributed by atoms with Gasteiger partial charge in [0.05, 0.1) is 5.92 Å². The van der Waals surface area contributed by atoms with Gasteiger partial charge in [-0.2, -0.15) is 0 Å². The van der Waals surface area contributed by atoms with Crippen molar-refractivity contribution in [2.24, 2.45) is 11.8 Å². The Bertz CT molecular complexity index is 159. The van der Waals surface area contributed by atoms with Crippen molar-refractivity contribution in [3.05, 3.63) is 0 Å². The van der Waals surface area contributed by atoms with E-state index in [9.17, 15) is 9.59 Å². The Hall–Kier alpha value is -0.660. The van der Waals surface area contributed by atoms with Crippen molar-refractivity contribution in [3.63, 3.8) is 0 Å². The number of Topliss-reactive ketones (excluding diaryl/α,β-unsaturated/α-hetero) is 2. The van der Waals surface area contributed by atoms with Gasteiger partial charge in [0, 0.05) is 6.42 Å². The van der Waals surface area contributed by atoms with Gasteiger partial charge in [-0.05, 0) is 19.8 Å². The van der Waals surface area contributed by atoms with Crippen molar-refractivity contribution in [1.82, 2.24) is 0 Å². The number of hydrogen-bond donors (Lipinski definition) is 0. The lowest BCUT2D eigenvalue weighted by molar-refractivity contribution is -0.131. The van der Waals surface area contributed by atoms with E-state index < -0.39 is 5.92 Å². The molecule has 0 N–H and O–H groups in total. The van der Waals surface area contributed by atoms with Crippen molar-refractivity contribution >= 4 is 11.6 Å². The highest BCUT2D eigenvalue weighted by molar-refractivity contribution is 6.00. The fraction of sp³-hybridized carbons (Fsp3) is 0.778. The minimum Gasteiger partial charge on any atom is -0.299 e. The van der Waals surface area contributed by atoms with Gasteiger partial charge < -0.3 is 0 Å². The van der Waals surface area contributed by atoms with Crippen LogP contribution in [0.3, 0.4) is 0 Å². The average Bonchev–Trinajstić information content (AvgIpc) is 1.84. The maximum Gasteiger partial charge on any atom is 0.143 e. The molecule has 0 bridgehead atoms. The Balaban J connectivity index is 3.93. The summed E-state index contributed by atoms with van der Waals surface area (Å²) in [5.74, 6) is -0.0233. The quantitative estimate of drug-likeness (QED) is 0.582. The summed E-state index contributed by atoms with van der Waals surface area (Å²) in [6.45, 7) is 7.09. The molecule has 0 aliphatic carbocycles. The van der Waals surface area contributed by atoms with Crippen LogP contribution in [0, 0.1) is 11.8 Å². The lowest BCUT2D eigenvalue weighted by Crippen LogP contribution is -2.19. The van der Waals surface area contributed by atoms with Crippen molar-refractivity contribution in [3.8, 4) is 0 Å². The van der Waals surface area contributed by atoms with Crippen LogP contribution >= 0.6 is 0 Å². The third kappa shape index (κ3) is 3.91. The van der Waals surface area contributed by atoms with E-state index in [1.54, 1.807) is 6.92 Å². The summed E-state index contributed by atoms with van der Waals surface area (Å²) in [7, 11) is 0. The molecule has 0 saturated carbocycles. The molecule has 11 heavy (non-hydrogen) atoms. The first kappa shape index (κ1) is 10.3. The Kier molecular flexibility index (Phi) is 4.01. The summed E-state index contributed by atoms with van der Waals surface area (Å²) >= 11 is 0. The largest absolute Gasteiger partial charge is 0.299 e. The van der Waals surface area contributed by atoms with E-state index in [4.69, 9.17) is 0 Å². The zero-order valence-corrected chi connectivity index (χ0v) is 7.68. The first-order valence-electron chi connectivity index (χ1n) is 3.98. The smallest absolute Gasteiger partial charge is 0.143 e. The highest BCUT2D eigenvalue weighted by Crippen LogP contribution is 2.08. The standard InChI is InChI=1S/C9H16O2/c1-6(2)5-9(11)7(3)8(4)10/h6-7H,5H2,1-4H3/t7-/m0/s1. The first-order chi connectivity index (χ1) is 4.95. The Morgan fingerprint density at radius 1 is 1.18 bits per heavy atom. The van der Waals surface area contributed by atoms with E-state index in [1.807, 2.05) is 13.8 Å². The molecule has 0 rings (SSSR count). The van der Waals surface area contributed by atoms with Gasteiger partial charge in [0.15, 0.2) is 0 Å². The van der Waals surface area contributed by atoms with Crippen LogP contribution in [0.2, 0.25) is 0 Å². The minimum absolute atomic E-state index is 0.0318. The van der Waals surface area contributed by atoms with Crippen LogP contribution in [-0.4, -0.2) is 11.6 Å². The second-order valence-corrected chi connectivity index (χ2v) is 3.40. The van der Waals surface area contributed by atoms with Crippen molar-refractivity contribution < 1.29 is 9.59 Å². The molecule has 0 aromatic rings. The molecule has 0 unspecified atom stereocenters. The molecule has 0 aromatic heterocycles. The van der Waals surface area contributed by atoms with Crippen molar-refractivity contribution in [1.29, 1.82) is 0 Å². The molecule has 0 amide bonds. The molecule has 2 heteroatoms. The number of ketones is 2. The molecule has 0 radical (unpaired) electrons.